The van der Waals surface area contributed by atoms with Gasteiger partial charge in [0.15, 0.2) is 6.10 Å². The smallest absolute Gasteiger partial charge is 0.325 e. The molecule has 4 amide bonds. The molecule has 1 unspecified atom stereocenters. The molecule has 1 N–H and O–H groups in total. The number of imide groups is 1. The van der Waals surface area contributed by atoms with Crippen molar-refractivity contribution in [3.63, 3.8) is 0 Å². The highest BCUT2D eigenvalue weighted by molar-refractivity contribution is 6.07. The number of urea groups is 1. The molecule has 2 heterocycles. The average Bonchev–Trinajstić information content (AvgIpc) is 3.04. The molecule has 8 heteroatoms. The van der Waals surface area contributed by atoms with E-state index in [-0.39, 0.29) is 25.0 Å². The van der Waals surface area contributed by atoms with E-state index in [2.05, 4.69) is 5.32 Å². The number of carbonyl (C=O) groups is 3. The predicted octanol–water partition coefficient (Wildman–Crippen LogP) is 2.45. The summed E-state index contributed by atoms with van der Waals surface area (Å²) in [7, 11) is 0. The number of rotatable bonds is 7. The molecule has 0 bridgehead atoms. The minimum atomic E-state index is -0.954. The second kappa shape index (κ2) is 9.30. The molecule has 4 rings (SSSR count). The van der Waals surface area contributed by atoms with Gasteiger partial charge in [0.1, 0.15) is 23.6 Å². The van der Waals surface area contributed by atoms with Crippen molar-refractivity contribution in [1.82, 2.24) is 15.1 Å². The van der Waals surface area contributed by atoms with Crippen LogP contribution in [-0.2, 0) is 9.59 Å². The van der Waals surface area contributed by atoms with Crippen LogP contribution in [0.1, 0.15) is 19.8 Å². The third-order valence-corrected chi connectivity index (χ3v) is 5.91. The topological polar surface area (TPSA) is 88.2 Å². The number of piperidine rings is 1. The second-order valence-electron chi connectivity index (χ2n) is 8.03. The Morgan fingerprint density at radius 3 is 2.22 bits per heavy atom. The zero-order valence-corrected chi connectivity index (χ0v) is 18.0. The van der Waals surface area contributed by atoms with Gasteiger partial charge < -0.3 is 19.7 Å². The van der Waals surface area contributed by atoms with Gasteiger partial charge in [0, 0.05) is 13.1 Å². The summed E-state index contributed by atoms with van der Waals surface area (Å²) in [5.41, 5.74) is -0.954. The average molecular weight is 437 g/mol. The Balaban J connectivity index is 1.29. The van der Waals surface area contributed by atoms with Crippen molar-refractivity contribution in [1.29, 1.82) is 0 Å². The van der Waals surface area contributed by atoms with E-state index >= 15 is 0 Å². The molecule has 2 aromatic rings. The van der Waals surface area contributed by atoms with E-state index in [0.717, 1.165) is 0 Å². The van der Waals surface area contributed by atoms with Gasteiger partial charge in [0.2, 0.25) is 0 Å². The summed E-state index contributed by atoms with van der Waals surface area (Å²) in [6, 6.07) is 18.0. The summed E-state index contributed by atoms with van der Waals surface area (Å²) in [4.78, 5) is 41.2. The highest BCUT2D eigenvalue weighted by Gasteiger charge is 2.52. The fraction of sp³-hybridized carbons (Fsp3) is 0.375. The summed E-state index contributed by atoms with van der Waals surface area (Å²) in [6.07, 6.45) is 0.112. The van der Waals surface area contributed by atoms with Crippen molar-refractivity contribution in [2.24, 2.45) is 0 Å². The van der Waals surface area contributed by atoms with Gasteiger partial charge in [-0.3, -0.25) is 14.5 Å². The van der Waals surface area contributed by atoms with Crippen molar-refractivity contribution in [3.05, 3.63) is 60.7 Å². The lowest BCUT2D eigenvalue weighted by Crippen LogP contribution is -2.57. The standard InChI is InChI=1S/C24H27N3O5/c1-18(32-20-10-6-3-7-11-20)21(28)26-14-12-24(13-15-26)22(29)27(23(30)25-24)16-17-31-19-8-4-2-5-9-19/h2-11,18H,12-17H2,1H3,(H,25,30). The van der Waals surface area contributed by atoms with Gasteiger partial charge in [-0.25, -0.2) is 4.79 Å². The largest absolute Gasteiger partial charge is 0.492 e. The number of amides is 4. The van der Waals surface area contributed by atoms with Crippen LogP contribution in [0.15, 0.2) is 60.7 Å². The second-order valence-corrected chi connectivity index (χ2v) is 8.03. The number of ether oxygens (including phenoxy) is 2. The van der Waals surface area contributed by atoms with E-state index in [9.17, 15) is 14.4 Å². The zero-order chi connectivity index (χ0) is 22.6. The first-order chi connectivity index (χ1) is 15.5. The molecule has 2 saturated heterocycles. The highest BCUT2D eigenvalue weighted by Crippen LogP contribution is 2.30. The van der Waals surface area contributed by atoms with E-state index < -0.39 is 17.7 Å². The normalized spacial score (nSPS) is 18.4. The Morgan fingerprint density at radius 1 is 1.00 bits per heavy atom. The van der Waals surface area contributed by atoms with Crippen LogP contribution in [0.25, 0.3) is 0 Å². The molecule has 0 radical (unpaired) electrons. The third-order valence-electron chi connectivity index (χ3n) is 5.91. The number of nitrogens with one attached hydrogen (secondary N) is 1. The van der Waals surface area contributed by atoms with Crippen LogP contribution in [-0.4, -0.2) is 65.5 Å². The Bertz CT molecular complexity index is 958. The van der Waals surface area contributed by atoms with Crippen LogP contribution >= 0.6 is 0 Å². The Morgan fingerprint density at radius 2 is 1.59 bits per heavy atom. The van der Waals surface area contributed by atoms with Gasteiger partial charge in [-0.15, -0.1) is 0 Å². The van der Waals surface area contributed by atoms with Crippen LogP contribution in [0.2, 0.25) is 0 Å². The summed E-state index contributed by atoms with van der Waals surface area (Å²) < 4.78 is 11.4. The molecule has 8 nitrogen and oxygen atoms in total. The molecule has 1 atom stereocenters. The van der Waals surface area contributed by atoms with Crippen LogP contribution in [0.4, 0.5) is 4.79 Å². The van der Waals surface area contributed by atoms with Crippen molar-refractivity contribution < 1.29 is 23.9 Å². The minimum Gasteiger partial charge on any atom is -0.492 e. The van der Waals surface area contributed by atoms with E-state index in [1.165, 1.54) is 4.90 Å². The lowest BCUT2D eigenvalue weighted by Gasteiger charge is -2.38. The van der Waals surface area contributed by atoms with E-state index in [0.29, 0.717) is 37.4 Å². The molecule has 0 aromatic heterocycles. The number of para-hydroxylation sites is 2. The summed E-state index contributed by atoms with van der Waals surface area (Å²) in [5, 5.41) is 2.86. The lowest BCUT2D eigenvalue weighted by molar-refractivity contribution is -0.142. The lowest BCUT2D eigenvalue weighted by atomic mass is 9.87. The van der Waals surface area contributed by atoms with E-state index in [4.69, 9.17) is 9.47 Å². The molecule has 168 valence electrons. The van der Waals surface area contributed by atoms with Gasteiger partial charge in [0.05, 0.1) is 6.54 Å². The Labute approximate surface area is 187 Å². The van der Waals surface area contributed by atoms with Gasteiger partial charge in [-0.1, -0.05) is 36.4 Å². The molecule has 1 spiro atoms. The number of nitrogens with zero attached hydrogens (tertiary/aromatic N) is 2. The van der Waals surface area contributed by atoms with Gasteiger partial charge in [0.25, 0.3) is 11.8 Å². The number of hydrogen-bond donors (Lipinski definition) is 1. The molecule has 2 aliphatic heterocycles. The number of carbonyl (C=O) groups excluding carboxylic acids is 3. The van der Waals surface area contributed by atoms with Crippen LogP contribution in [0.5, 0.6) is 11.5 Å². The molecule has 2 aliphatic rings. The molecule has 32 heavy (non-hydrogen) atoms. The summed E-state index contributed by atoms with van der Waals surface area (Å²) in [5.74, 6) is 0.940. The SMILES string of the molecule is CC(Oc1ccccc1)C(=O)N1CCC2(CC1)NC(=O)N(CCOc1ccccc1)C2=O. The maximum atomic E-state index is 13.0. The van der Waals surface area contributed by atoms with Gasteiger partial charge >= 0.3 is 6.03 Å². The van der Waals surface area contributed by atoms with Crippen molar-refractivity contribution in [2.75, 3.05) is 26.2 Å². The molecule has 2 fully saturated rings. The predicted molar refractivity (Wildman–Crippen MR) is 117 cm³/mol. The number of likely N-dealkylation sites (tertiary alicyclic amines) is 1. The summed E-state index contributed by atoms with van der Waals surface area (Å²) >= 11 is 0. The van der Waals surface area contributed by atoms with Gasteiger partial charge in [-0.05, 0) is 44.0 Å². The number of hydrogen-bond acceptors (Lipinski definition) is 5. The summed E-state index contributed by atoms with van der Waals surface area (Å²) in [6.45, 7) is 2.87. The fourth-order valence-corrected chi connectivity index (χ4v) is 4.11. The van der Waals surface area contributed by atoms with E-state index in [1.807, 2.05) is 48.5 Å². The molecule has 2 aromatic carbocycles. The minimum absolute atomic E-state index is 0.131. The third kappa shape index (κ3) is 4.54. The van der Waals surface area contributed by atoms with Crippen molar-refractivity contribution >= 4 is 17.8 Å². The van der Waals surface area contributed by atoms with Crippen molar-refractivity contribution in [2.45, 2.75) is 31.4 Å². The Hall–Kier alpha value is -3.55. The van der Waals surface area contributed by atoms with E-state index in [1.54, 1.807) is 24.0 Å². The first kappa shape index (κ1) is 21.7. The maximum absolute atomic E-state index is 13.0. The van der Waals surface area contributed by atoms with Crippen LogP contribution < -0.4 is 14.8 Å². The first-order valence-corrected chi connectivity index (χ1v) is 10.8. The Kier molecular flexibility index (Phi) is 6.30. The molecule has 0 aliphatic carbocycles. The molecule has 0 saturated carbocycles. The molecular formula is C24H27N3O5. The molecular weight excluding hydrogens is 410 g/mol. The quantitative estimate of drug-likeness (QED) is 0.673. The maximum Gasteiger partial charge on any atom is 0.325 e. The number of benzene rings is 2. The van der Waals surface area contributed by atoms with Crippen LogP contribution in [0, 0.1) is 0 Å². The monoisotopic (exact) mass is 437 g/mol. The highest BCUT2D eigenvalue weighted by atomic mass is 16.5. The van der Waals surface area contributed by atoms with Gasteiger partial charge in [-0.2, -0.15) is 0 Å². The van der Waals surface area contributed by atoms with Crippen molar-refractivity contribution in [3.8, 4) is 11.5 Å². The fourth-order valence-electron chi connectivity index (χ4n) is 4.11. The first-order valence-electron chi connectivity index (χ1n) is 10.8. The zero-order valence-electron chi connectivity index (χ0n) is 18.0. The van der Waals surface area contributed by atoms with Crippen LogP contribution in [0.3, 0.4) is 0 Å².